The summed E-state index contributed by atoms with van der Waals surface area (Å²) in [5.41, 5.74) is 3.89. The molecular weight excluding hydrogens is 400 g/mol. The Bertz CT molecular complexity index is 1400. The number of carbonyl (C=O) groups excluding carboxylic acids is 1. The van der Waals surface area contributed by atoms with Gasteiger partial charge in [-0.15, -0.1) is 0 Å². The lowest BCUT2D eigenvalue weighted by Gasteiger charge is -2.29. The Hall–Kier alpha value is -3.95. The fraction of sp³-hybridized carbons (Fsp3) is 0.192. The quantitative estimate of drug-likeness (QED) is 0.294. The molecule has 2 aromatic carbocycles. The summed E-state index contributed by atoms with van der Waals surface area (Å²) in [6.45, 7) is 4.53. The molecule has 0 amide bonds. The molecule has 1 aliphatic rings. The van der Waals surface area contributed by atoms with Gasteiger partial charge in [0.2, 0.25) is 5.78 Å². The fourth-order valence-corrected chi connectivity index (χ4v) is 4.26. The van der Waals surface area contributed by atoms with Crippen LogP contribution in [0.25, 0.3) is 27.9 Å². The van der Waals surface area contributed by atoms with Crippen molar-refractivity contribution in [3.05, 3.63) is 77.0 Å². The molecule has 1 aliphatic heterocycles. The van der Waals surface area contributed by atoms with Crippen LogP contribution in [0, 0.1) is 18.3 Å². The zero-order valence-electron chi connectivity index (χ0n) is 17.8. The van der Waals surface area contributed by atoms with Gasteiger partial charge in [-0.3, -0.25) is 4.79 Å². The third kappa shape index (κ3) is 3.53. The summed E-state index contributed by atoms with van der Waals surface area (Å²) < 4.78 is 5.50. The van der Waals surface area contributed by atoms with Gasteiger partial charge < -0.3 is 14.6 Å². The number of aromatic nitrogens is 2. The van der Waals surface area contributed by atoms with Gasteiger partial charge in [-0.1, -0.05) is 36.4 Å². The van der Waals surface area contributed by atoms with E-state index in [1.807, 2.05) is 61.5 Å². The van der Waals surface area contributed by atoms with E-state index in [1.54, 1.807) is 6.08 Å². The first-order chi connectivity index (χ1) is 15.7. The average Bonchev–Trinajstić information content (AvgIpc) is 3.17. The zero-order valence-corrected chi connectivity index (χ0v) is 17.8. The van der Waals surface area contributed by atoms with Crippen molar-refractivity contribution in [2.24, 2.45) is 0 Å². The lowest BCUT2D eigenvalue weighted by Crippen LogP contribution is -2.37. The summed E-state index contributed by atoms with van der Waals surface area (Å²) in [6, 6.07) is 19.6. The van der Waals surface area contributed by atoms with Gasteiger partial charge in [0.05, 0.1) is 24.3 Å². The zero-order chi connectivity index (χ0) is 22.1. The number of hydrogen-bond donors (Lipinski definition) is 1. The molecule has 3 heterocycles. The predicted octanol–water partition coefficient (Wildman–Crippen LogP) is 4.65. The number of ether oxygens (including phenoxy) is 1. The maximum Gasteiger partial charge on any atom is 0.205 e. The third-order valence-electron chi connectivity index (χ3n) is 5.83. The van der Waals surface area contributed by atoms with Crippen molar-refractivity contribution >= 4 is 39.5 Å². The van der Waals surface area contributed by atoms with Gasteiger partial charge in [-0.25, -0.2) is 4.98 Å². The molecule has 1 fully saturated rings. The SMILES string of the molecule is Cc1[nH]c2ccccc2c1C(=O)/C(C#N)=C/c1cc2ccccc2nc1N1CCOCC1. The molecule has 4 aromatic rings. The topological polar surface area (TPSA) is 82.0 Å². The van der Waals surface area contributed by atoms with E-state index >= 15 is 0 Å². The van der Waals surface area contributed by atoms with Crippen molar-refractivity contribution in [3.63, 3.8) is 0 Å². The second-order valence-corrected chi connectivity index (χ2v) is 7.86. The van der Waals surface area contributed by atoms with Crippen LogP contribution in [-0.4, -0.2) is 42.1 Å². The number of para-hydroxylation sites is 2. The Morgan fingerprint density at radius 2 is 1.91 bits per heavy atom. The number of benzene rings is 2. The Balaban J connectivity index is 1.64. The van der Waals surface area contributed by atoms with Crippen LogP contribution >= 0.6 is 0 Å². The van der Waals surface area contributed by atoms with E-state index < -0.39 is 0 Å². The Labute approximate surface area is 185 Å². The molecule has 158 valence electrons. The smallest absolute Gasteiger partial charge is 0.205 e. The standard InChI is InChI=1S/C26H22N4O2/c1-17-24(21-7-3-5-9-23(21)28-17)25(31)20(16-27)15-19-14-18-6-2-4-8-22(18)29-26(19)30-10-12-32-13-11-30/h2-9,14-15,28H,10-13H2,1H3/b20-15+. The number of hydrogen-bond acceptors (Lipinski definition) is 5. The molecular formula is C26H22N4O2. The van der Waals surface area contributed by atoms with Crippen LogP contribution in [0.15, 0.2) is 60.2 Å². The monoisotopic (exact) mass is 422 g/mol. The fourth-order valence-electron chi connectivity index (χ4n) is 4.26. The van der Waals surface area contributed by atoms with Crippen molar-refractivity contribution in [3.8, 4) is 6.07 Å². The molecule has 0 atom stereocenters. The third-order valence-corrected chi connectivity index (χ3v) is 5.83. The highest BCUT2D eigenvalue weighted by atomic mass is 16.5. The number of nitriles is 1. The number of allylic oxidation sites excluding steroid dienone is 1. The Morgan fingerprint density at radius 1 is 1.16 bits per heavy atom. The number of pyridine rings is 1. The number of morpholine rings is 1. The number of anilines is 1. The van der Waals surface area contributed by atoms with Gasteiger partial charge in [0.25, 0.3) is 0 Å². The van der Waals surface area contributed by atoms with Crippen LogP contribution in [0.2, 0.25) is 0 Å². The molecule has 1 N–H and O–H groups in total. The molecule has 0 bridgehead atoms. The second-order valence-electron chi connectivity index (χ2n) is 7.86. The highest BCUT2D eigenvalue weighted by Crippen LogP contribution is 2.29. The summed E-state index contributed by atoms with van der Waals surface area (Å²) in [6.07, 6.45) is 1.67. The van der Waals surface area contributed by atoms with Crippen molar-refractivity contribution < 1.29 is 9.53 Å². The maximum atomic E-state index is 13.5. The number of aromatic amines is 1. The molecule has 0 saturated carbocycles. The largest absolute Gasteiger partial charge is 0.378 e. The first-order valence-electron chi connectivity index (χ1n) is 10.6. The van der Waals surface area contributed by atoms with E-state index in [0.29, 0.717) is 31.9 Å². The van der Waals surface area contributed by atoms with Gasteiger partial charge in [0, 0.05) is 40.6 Å². The second kappa shape index (κ2) is 8.29. The number of aryl methyl sites for hydroxylation is 1. The maximum absolute atomic E-state index is 13.5. The average molecular weight is 422 g/mol. The van der Waals surface area contributed by atoms with E-state index in [-0.39, 0.29) is 11.4 Å². The van der Waals surface area contributed by atoms with Gasteiger partial charge in [0.15, 0.2) is 0 Å². The minimum atomic E-state index is -0.288. The normalized spacial score (nSPS) is 14.6. The molecule has 0 radical (unpaired) electrons. The lowest BCUT2D eigenvalue weighted by molar-refractivity contribution is 0.104. The minimum absolute atomic E-state index is 0.0874. The number of nitrogens with zero attached hydrogens (tertiary/aromatic N) is 3. The molecule has 0 unspecified atom stereocenters. The van der Waals surface area contributed by atoms with Gasteiger partial charge in [0.1, 0.15) is 17.5 Å². The highest BCUT2D eigenvalue weighted by molar-refractivity contribution is 6.21. The van der Waals surface area contributed by atoms with Gasteiger partial charge in [-0.05, 0) is 31.2 Å². The summed E-state index contributed by atoms with van der Waals surface area (Å²) in [7, 11) is 0. The predicted molar refractivity (Wildman–Crippen MR) is 126 cm³/mol. The van der Waals surface area contributed by atoms with E-state index in [0.717, 1.165) is 38.9 Å². The number of carbonyl (C=O) groups is 1. The number of rotatable bonds is 4. The molecule has 6 nitrogen and oxygen atoms in total. The van der Waals surface area contributed by atoms with Crippen LogP contribution in [0.3, 0.4) is 0 Å². The van der Waals surface area contributed by atoms with Crippen LogP contribution in [0.1, 0.15) is 21.6 Å². The molecule has 32 heavy (non-hydrogen) atoms. The van der Waals surface area contributed by atoms with Crippen molar-refractivity contribution in [2.45, 2.75) is 6.92 Å². The molecule has 6 heteroatoms. The van der Waals surface area contributed by atoms with Crippen LogP contribution in [0.5, 0.6) is 0 Å². The highest BCUT2D eigenvalue weighted by Gasteiger charge is 2.22. The van der Waals surface area contributed by atoms with E-state index in [9.17, 15) is 10.1 Å². The van der Waals surface area contributed by atoms with Crippen LogP contribution < -0.4 is 4.90 Å². The molecule has 0 spiro atoms. The number of nitrogens with one attached hydrogen (secondary N) is 1. The molecule has 5 rings (SSSR count). The van der Waals surface area contributed by atoms with Gasteiger partial charge in [-0.2, -0.15) is 5.26 Å². The first-order valence-corrected chi connectivity index (χ1v) is 10.6. The number of H-pyrrole nitrogens is 1. The van der Waals surface area contributed by atoms with E-state index in [4.69, 9.17) is 9.72 Å². The Morgan fingerprint density at radius 3 is 2.72 bits per heavy atom. The minimum Gasteiger partial charge on any atom is -0.378 e. The summed E-state index contributed by atoms with van der Waals surface area (Å²) in [4.78, 5) is 23.7. The van der Waals surface area contributed by atoms with Gasteiger partial charge >= 0.3 is 0 Å². The van der Waals surface area contributed by atoms with Crippen molar-refractivity contribution in [2.75, 3.05) is 31.2 Å². The van der Waals surface area contributed by atoms with Crippen molar-refractivity contribution in [1.29, 1.82) is 5.26 Å². The molecule has 2 aromatic heterocycles. The summed E-state index contributed by atoms with van der Waals surface area (Å²) >= 11 is 0. The molecule has 1 saturated heterocycles. The number of ketones is 1. The van der Waals surface area contributed by atoms with Crippen LogP contribution in [-0.2, 0) is 4.74 Å². The summed E-state index contributed by atoms with van der Waals surface area (Å²) in [5, 5.41) is 11.7. The molecule has 0 aliphatic carbocycles. The first kappa shape index (κ1) is 20.0. The number of Topliss-reactive ketones (excluding diaryl/α,β-unsaturated/α-hetero) is 1. The van der Waals surface area contributed by atoms with Crippen molar-refractivity contribution in [1.82, 2.24) is 9.97 Å². The Kier molecular flexibility index (Phi) is 5.18. The number of fused-ring (bicyclic) bond motifs is 2. The summed E-state index contributed by atoms with van der Waals surface area (Å²) in [5.74, 6) is 0.478. The van der Waals surface area contributed by atoms with E-state index in [2.05, 4.69) is 16.0 Å². The van der Waals surface area contributed by atoms with Crippen LogP contribution in [0.4, 0.5) is 5.82 Å². The lowest BCUT2D eigenvalue weighted by atomic mass is 9.99. The van der Waals surface area contributed by atoms with E-state index in [1.165, 1.54) is 0 Å².